The number of likely N-dealkylation sites (tertiary alicyclic amines) is 1. The van der Waals surface area contributed by atoms with E-state index in [1.807, 2.05) is 78.1 Å². The fraction of sp³-hybridized carbons (Fsp3) is 0.717. The zero-order valence-electron chi connectivity index (χ0n) is 37.6. The van der Waals surface area contributed by atoms with Gasteiger partial charge in [0.15, 0.2) is 0 Å². The number of nitrogens with one attached hydrogen (secondary N) is 2. The van der Waals surface area contributed by atoms with Crippen molar-refractivity contribution in [2.45, 2.75) is 157 Å². The van der Waals surface area contributed by atoms with Crippen LogP contribution >= 0.6 is 0 Å². The first-order valence-corrected chi connectivity index (χ1v) is 21.5. The van der Waals surface area contributed by atoms with Crippen molar-refractivity contribution in [3.63, 3.8) is 0 Å². The topological polar surface area (TPSA) is 138 Å². The van der Waals surface area contributed by atoms with Crippen molar-refractivity contribution in [1.82, 2.24) is 25.3 Å². The van der Waals surface area contributed by atoms with Crippen molar-refractivity contribution in [3.05, 3.63) is 47.5 Å². The molecule has 12 heteroatoms. The van der Waals surface area contributed by atoms with Crippen LogP contribution < -0.4 is 10.6 Å². The van der Waals surface area contributed by atoms with Gasteiger partial charge in [0.05, 0.1) is 36.2 Å². The van der Waals surface area contributed by atoms with Crippen LogP contribution in [0.4, 0.5) is 4.79 Å². The van der Waals surface area contributed by atoms with Crippen LogP contribution in [-0.2, 0) is 28.7 Å². The summed E-state index contributed by atoms with van der Waals surface area (Å²) in [5.74, 6) is -1.41. The van der Waals surface area contributed by atoms with Gasteiger partial charge in [-0.05, 0) is 74.8 Å². The predicted octanol–water partition coefficient (Wildman–Crippen LogP) is 6.89. The van der Waals surface area contributed by atoms with Crippen molar-refractivity contribution in [1.29, 1.82) is 0 Å². The quantitative estimate of drug-likeness (QED) is 0.183. The summed E-state index contributed by atoms with van der Waals surface area (Å²) in [6.45, 7) is 20.0. The highest BCUT2D eigenvalue weighted by Crippen LogP contribution is 2.41. The average molecular weight is 808 g/mol. The summed E-state index contributed by atoms with van der Waals surface area (Å²) in [5.41, 5.74) is 0.387. The standard InChI is InChI=1S/C46H73N5O7/c1-28(2)35(49(12)43(55)39(45(6,7)8)48-40(52)38(47-11)46(9,10)33-23-18-15-19-24-33)27-29(3)41(53)50-26-20-25-34(50)36(57-13)30(4)42(54)51-31(5)37(58-44(51)56)32-21-16-14-17-22-32/h14,16-17,21-22,27-28,30-31,33-39,47H,15,18-20,23-26H2,1-13H3,(H,48,52)/t30-,31-,34+,35-,36-,37-,38-,39-/m1/s1. The molecule has 324 valence electrons. The highest BCUT2D eigenvalue weighted by atomic mass is 16.6. The highest BCUT2D eigenvalue weighted by molar-refractivity contribution is 5.96. The number of ether oxygens (including phenoxy) is 2. The van der Waals surface area contributed by atoms with Gasteiger partial charge in [-0.2, -0.15) is 0 Å². The Kier molecular flexibility index (Phi) is 15.8. The van der Waals surface area contributed by atoms with E-state index in [0.717, 1.165) is 24.8 Å². The van der Waals surface area contributed by atoms with E-state index in [-0.39, 0.29) is 29.1 Å². The van der Waals surface area contributed by atoms with Gasteiger partial charge in [0.2, 0.25) is 23.6 Å². The van der Waals surface area contributed by atoms with Crippen molar-refractivity contribution in [3.8, 4) is 0 Å². The van der Waals surface area contributed by atoms with E-state index in [9.17, 15) is 24.0 Å². The van der Waals surface area contributed by atoms with Crippen molar-refractivity contribution >= 4 is 29.7 Å². The van der Waals surface area contributed by atoms with Crippen LogP contribution in [0.15, 0.2) is 42.0 Å². The van der Waals surface area contributed by atoms with Crippen LogP contribution in [0.5, 0.6) is 0 Å². The Morgan fingerprint density at radius 1 is 0.948 bits per heavy atom. The number of nitrogens with zero attached hydrogens (tertiary/aromatic N) is 3. The monoisotopic (exact) mass is 808 g/mol. The normalized spacial score (nSPS) is 23.6. The zero-order valence-corrected chi connectivity index (χ0v) is 37.6. The Hall–Kier alpha value is -3.77. The number of imide groups is 1. The third-order valence-corrected chi connectivity index (χ3v) is 13.3. The maximum atomic E-state index is 14.5. The summed E-state index contributed by atoms with van der Waals surface area (Å²) < 4.78 is 11.6. The highest BCUT2D eigenvalue weighted by Gasteiger charge is 2.49. The summed E-state index contributed by atoms with van der Waals surface area (Å²) in [6, 6.07) is 6.71. The third-order valence-electron chi connectivity index (χ3n) is 13.3. The Morgan fingerprint density at radius 2 is 1.57 bits per heavy atom. The molecule has 0 bridgehead atoms. The molecule has 8 atom stereocenters. The zero-order chi connectivity index (χ0) is 43.3. The molecular weight excluding hydrogens is 735 g/mol. The first-order valence-electron chi connectivity index (χ1n) is 21.5. The van der Waals surface area contributed by atoms with Gasteiger partial charge in [-0.1, -0.05) is 111 Å². The number of methoxy groups -OCH3 is 1. The van der Waals surface area contributed by atoms with E-state index in [2.05, 4.69) is 24.5 Å². The number of carbonyl (C=O) groups excluding carboxylic acids is 5. The first-order chi connectivity index (χ1) is 27.2. The Balaban J connectivity index is 1.51. The molecule has 5 amide bonds. The minimum absolute atomic E-state index is 0.0519. The fourth-order valence-electron chi connectivity index (χ4n) is 9.74. The van der Waals surface area contributed by atoms with Gasteiger partial charge in [-0.15, -0.1) is 0 Å². The van der Waals surface area contributed by atoms with Gasteiger partial charge in [-0.3, -0.25) is 19.2 Å². The minimum atomic E-state index is -0.809. The van der Waals surface area contributed by atoms with Gasteiger partial charge in [0.1, 0.15) is 12.1 Å². The van der Waals surface area contributed by atoms with Crippen molar-refractivity contribution in [2.24, 2.45) is 28.6 Å². The molecule has 0 spiro atoms. The second kappa shape index (κ2) is 19.5. The fourth-order valence-corrected chi connectivity index (χ4v) is 9.74. The molecule has 2 heterocycles. The Labute approximate surface area is 348 Å². The summed E-state index contributed by atoms with van der Waals surface area (Å²) in [6.07, 6.45) is 7.02. The summed E-state index contributed by atoms with van der Waals surface area (Å²) >= 11 is 0. The SMILES string of the molecule is CN[C@H](C(=O)N[C@H](C(=O)N(C)[C@H](C=C(C)C(=O)N1CCC[C@H]1[C@H](OC)[C@@H](C)C(=O)N1C(=O)O[C@@H](c2ccccc2)[C@H]1C)C(C)C)C(C)(C)C)C(C)(C)C1CCCCC1. The molecule has 1 aliphatic carbocycles. The first kappa shape index (κ1) is 46.9. The summed E-state index contributed by atoms with van der Waals surface area (Å²) in [7, 11) is 5.09. The van der Waals surface area contributed by atoms with Gasteiger partial charge in [0, 0.05) is 26.3 Å². The van der Waals surface area contributed by atoms with Crippen LogP contribution in [0.1, 0.15) is 126 Å². The lowest BCUT2D eigenvalue weighted by Crippen LogP contribution is -2.61. The number of carbonyl (C=O) groups is 5. The number of rotatable bonds is 15. The van der Waals surface area contributed by atoms with Crippen LogP contribution in [0.3, 0.4) is 0 Å². The van der Waals surface area contributed by atoms with Gasteiger partial charge < -0.3 is 29.9 Å². The Morgan fingerprint density at radius 3 is 2.12 bits per heavy atom. The molecule has 1 aromatic carbocycles. The lowest BCUT2D eigenvalue weighted by atomic mass is 9.66. The minimum Gasteiger partial charge on any atom is -0.439 e. The predicted molar refractivity (Wildman–Crippen MR) is 226 cm³/mol. The van der Waals surface area contributed by atoms with E-state index in [1.54, 1.807) is 37.6 Å². The number of likely N-dealkylation sites (N-methyl/N-ethyl adjacent to an activating group) is 2. The molecule has 0 radical (unpaired) electrons. The summed E-state index contributed by atoms with van der Waals surface area (Å²) in [5, 5.41) is 6.45. The lowest BCUT2D eigenvalue weighted by molar-refractivity contribution is -0.142. The molecule has 1 saturated carbocycles. The average Bonchev–Trinajstić information content (AvgIpc) is 3.78. The van der Waals surface area contributed by atoms with Crippen molar-refractivity contribution < 1.29 is 33.4 Å². The number of amides is 5. The number of hydrogen-bond acceptors (Lipinski definition) is 8. The second-order valence-electron chi connectivity index (χ2n) is 19.1. The molecule has 3 aliphatic rings. The molecule has 2 N–H and O–H groups in total. The molecule has 1 aromatic rings. The Bertz CT molecular complexity index is 1630. The van der Waals surface area contributed by atoms with Gasteiger partial charge >= 0.3 is 6.09 Å². The van der Waals surface area contributed by atoms with Crippen LogP contribution in [-0.4, -0.2) is 108 Å². The van der Waals surface area contributed by atoms with Crippen molar-refractivity contribution in [2.75, 3.05) is 27.7 Å². The van der Waals surface area contributed by atoms with Gasteiger partial charge in [-0.25, -0.2) is 9.69 Å². The molecular formula is C46H73N5O7. The molecule has 0 unspecified atom stereocenters. The second-order valence-corrected chi connectivity index (χ2v) is 19.1. The van der Waals surface area contributed by atoms with E-state index in [4.69, 9.17) is 9.47 Å². The largest absolute Gasteiger partial charge is 0.439 e. The molecule has 0 aromatic heterocycles. The maximum absolute atomic E-state index is 14.5. The van der Waals surface area contributed by atoms with Crippen LogP contribution in [0.25, 0.3) is 0 Å². The van der Waals surface area contributed by atoms with E-state index in [0.29, 0.717) is 24.5 Å². The molecule has 2 saturated heterocycles. The van der Waals surface area contributed by atoms with Crippen LogP contribution in [0, 0.1) is 28.6 Å². The molecule has 2 aliphatic heterocycles. The van der Waals surface area contributed by atoms with E-state index in [1.165, 1.54) is 31.3 Å². The molecule has 12 nitrogen and oxygen atoms in total. The lowest BCUT2D eigenvalue weighted by Gasteiger charge is -2.43. The van der Waals surface area contributed by atoms with E-state index >= 15 is 0 Å². The number of benzene rings is 1. The smallest absolute Gasteiger partial charge is 0.417 e. The number of cyclic esters (lactones) is 1. The molecule has 3 fully saturated rings. The third kappa shape index (κ3) is 10.1. The summed E-state index contributed by atoms with van der Waals surface area (Å²) in [4.78, 5) is 74.6. The molecule has 4 rings (SSSR count). The maximum Gasteiger partial charge on any atom is 0.417 e. The molecule has 58 heavy (non-hydrogen) atoms. The van der Waals surface area contributed by atoms with E-state index < -0.39 is 65.8 Å². The van der Waals surface area contributed by atoms with Crippen LogP contribution in [0.2, 0.25) is 0 Å². The number of hydrogen-bond donors (Lipinski definition) is 2. The van der Waals surface area contributed by atoms with Gasteiger partial charge in [0.25, 0.3) is 0 Å².